The monoisotopic (exact) mass is 223 g/mol. The molecule has 4 unspecified atom stereocenters. The van der Waals surface area contributed by atoms with E-state index >= 15 is 0 Å². The van der Waals surface area contributed by atoms with E-state index in [4.69, 9.17) is 10.5 Å². The Morgan fingerprint density at radius 3 is 2.87 bits per heavy atom. The molecule has 3 heteroatoms. The molecule has 2 nitrogen and oxygen atoms in total. The molecule has 0 aliphatic carbocycles. The Morgan fingerprint density at radius 2 is 2.33 bits per heavy atom. The highest BCUT2D eigenvalue weighted by Gasteiger charge is 2.43. The Morgan fingerprint density at radius 1 is 1.47 bits per heavy atom. The molecule has 2 N–H and O–H groups in total. The lowest BCUT2D eigenvalue weighted by Gasteiger charge is -2.24. The molecule has 2 bridgehead atoms. The average molecular weight is 223 g/mol. The van der Waals surface area contributed by atoms with Gasteiger partial charge in [0.25, 0.3) is 0 Å². The van der Waals surface area contributed by atoms with Crippen LogP contribution in [0.2, 0.25) is 0 Å². The summed E-state index contributed by atoms with van der Waals surface area (Å²) < 4.78 is 5.86. The van der Waals surface area contributed by atoms with Gasteiger partial charge in [0.05, 0.1) is 12.2 Å². The Hall–Kier alpha value is -0.380. The molecule has 0 saturated carbocycles. The zero-order valence-electron chi connectivity index (χ0n) is 8.98. The van der Waals surface area contributed by atoms with Gasteiger partial charge in [-0.05, 0) is 38.3 Å². The third-order valence-corrected chi connectivity index (χ3v) is 4.81. The molecule has 0 spiro atoms. The van der Waals surface area contributed by atoms with Crippen LogP contribution in [-0.4, -0.2) is 12.2 Å². The number of aryl methyl sites for hydroxylation is 1. The van der Waals surface area contributed by atoms with Crippen molar-refractivity contribution in [3.63, 3.8) is 0 Å². The predicted octanol–water partition coefficient (Wildman–Crippen LogP) is 2.62. The van der Waals surface area contributed by atoms with E-state index in [0.717, 1.165) is 0 Å². The minimum absolute atomic E-state index is 0.194. The van der Waals surface area contributed by atoms with Gasteiger partial charge in [0.15, 0.2) is 0 Å². The number of nitrogens with two attached hydrogens (primary N) is 1. The molecule has 3 heterocycles. The second kappa shape index (κ2) is 3.58. The van der Waals surface area contributed by atoms with E-state index in [0.29, 0.717) is 18.1 Å². The van der Waals surface area contributed by atoms with E-state index in [2.05, 4.69) is 19.1 Å². The zero-order valence-corrected chi connectivity index (χ0v) is 9.80. The number of hydrogen-bond acceptors (Lipinski definition) is 3. The number of rotatable bonds is 2. The van der Waals surface area contributed by atoms with Crippen molar-refractivity contribution in [2.45, 2.75) is 44.4 Å². The smallest absolute Gasteiger partial charge is 0.0627 e. The number of thiophene rings is 1. The molecule has 15 heavy (non-hydrogen) atoms. The fourth-order valence-electron chi connectivity index (χ4n) is 2.90. The van der Waals surface area contributed by atoms with E-state index < -0.39 is 0 Å². The molecule has 82 valence electrons. The van der Waals surface area contributed by atoms with Gasteiger partial charge < -0.3 is 10.5 Å². The molecule has 3 rings (SSSR count). The maximum atomic E-state index is 6.33. The lowest BCUT2D eigenvalue weighted by atomic mass is 9.83. The summed E-state index contributed by atoms with van der Waals surface area (Å²) >= 11 is 1.83. The average Bonchev–Trinajstić information content (AvgIpc) is 2.90. The summed E-state index contributed by atoms with van der Waals surface area (Å²) in [6, 6.07) is 4.53. The van der Waals surface area contributed by atoms with E-state index in [1.165, 1.54) is 29.0 Å². The summed E-state index contributed by atoms with van der Waals surface area (Å²) in [5, 5.41) is 0. The maximum Gasteiger partial charge on any atom is 0.0627 e. The summed E-state index contributed by atoms with van der Waals surface area (Å²) in [4.78, 5) is 2.68. The SMILES string of the molecule is Cc1ccc(C(N)C2CC3CCC2O3)s1. The van der Waals surface area contributed by atoms with Crippen molar-refractivity contribution in [2.24, 2.45) is 11.7 Å². The molecule has 2 aliphatic rings. The standard InChI is InChI=1S/C12H17NOS/c1-7-2-5-11(15-7)12(13)9-6-8-3-4-10(9)14-8/h2,5,8-10,12H,3-4,6,13H2,1H3. The first-order valence-corrected chi connectivity index (χ1v) is 6.53. The lowest BCUT2D eigenvalue weighted by Crippen LogP contribution is -2.28. The summed E-state index contributed by atoms with van der Waals surface area (Å²) in [5.41, 5.74) is 6.33. The topological polar surface area (TPSA) is 35.2 Å². The number of ether oxygens (including phenoxy) is 1. The molecular weight excluding hydrogens is 206 g/mol. The molecular formula is C12H17NOS. The highest BCUT2D eigenvalue weighted by atomic mass is 32.1. The third-order valence-electron chi connectivity index (χ3n) is 3.70. The van der Waals surface area contributed by atoms with Gasteiger partial charge in [0.1, 0.15) is 0 Å². The van der Waals surface area contributed by atoms with Crippen molar-refractivity contribution >= 4 is 11.3 Å². The third kappa shape index (κ3) is 1.63. The van der Waals surface area contributed by atoms with Gasteiger partial charge in [-0.2, -0.15) is 0 Å². The van der Waals surface area contributed by atoms with Crippen molar-refractivity contribution in [2.75, 3.05) is 0 Å². The highest BCUT2D eigenvalue weighted by Crippen LogP contribution is 2.44. The molecule has 2 fully saturated rings. The Bertz CT molecular complexity index is 362. The second-order valence-corrected chi connectivity index (χ2v) is 6.07. The summed E-state index contributed by atoms with van der Waals surface area (Å²) in [6.45, 7) is 2.14. The van der Waals surface area contributed by atoms with Crippen molar-refractivity contribution in [3.8, 4) is 0 Å². The van der Waals surface area contributed by atoms with E-state index in [9.17, 15) is 0 Å². The fraction of sp³-hybridized carbons (Fsp3) is 0.667. The van der Waals surface area contributed by atoms with Crippen LogP contribution in [0.4, 0.5) is 0 Å². The van der Waals surface area contributed by atoms with Crippen LogP contribution in [0.1, 0.15) is 35.1 Å². The van der Waals surface area contributed by atoms with Gasteiger partial charge >= 0.3 is 0 Å². The minimum atomic E-state index is 0.194. The van der Waals surface area contributed by atoms with Crippen LogP contribution in [0.15, 0.2) is 12.1 Å². The largest absolute Gasteiger partial charge is 0.375 e. The molecule has 0 radical (unpaired) electrons. The first-order valence-electron chi connectivity index (χ1n) is 5.71. The van der Waals surface area contributed by atoms with E-state index in [1.54, 1.807) is 0 Å². The van der Waals surface area contributed by atoms with Crippen LogP contribution in [0, 0.1) is 12.8 Å². The lowest BCUT2D eigenvalue weighted by molar-refractivity contribution is 0.0887. The summed E-state index contributed by atoms with van der Waals surface area (Å²) in [5.74, 6) is 0.557. The predicted molar refractivity (Wildman–Crippen MR) is 62.0 cm³/mol. The quantitative estimate of drug-likeness (QED) is 0.836. The molecule has 0 aromatic carbocycles. The Kier molecular flexibility index (Phi) is 2.34. The van der Waals surface area contributed by atoms with Gasteiger partial charge in [0, 0.05) is 21.7 Å². The first kappa shape index (κ1) is 9.82. The Labute approximate surface area is 94.4 Å². The van der Waals surface area contributed by atoms with Crippen molar-refractivity contribution in [1.29, 1.82) is 0 Å². The Balaban J connectivity index is 1.77. The van der Waals surface area contributed by atoms with Crippen LogP contribution < -0.4 is 5.73 Å². The molecule has 2 saturated heterocycles. The van der Waals surface area contributed by atoms with Crippen LogP contribution in [0.3, 0.4) is 0 Å². The van der Waals surface area contributed by atoms with Gasteiger partial charge in [-0.1, -0.05) is 0 Å². The zero-order chi connectivity index (χ0) is 10.4. The van der Waals surface area contributed by atoms with Crippen LogP contribution in [0.25, 0.3) is 0 Å². The number of fused-ring (bicyclic) bond motifs is 2. The minimum Gasteiger partial charge on any atom is -0.375 e. The van der Waals surface area contributed by atoms with Gasteiger partial charge in [-0.25, -0.2) is 0 Å². The van der Waals surface area contributed by atoms with Crippen molar-refractivity contribution in [3.05, 3.63) is 21.9 Å². The van der Waals surface area contributed by atoms with E-state index in [-0.39, 0.29) is 6.04 Å². The molecule has 1 aromatic heterocycles. The van der Waals surface area contributed by atoms with Gasteiger partial charge in [-0.3, -0.25) is 0 Å². The molecule has 1 aromatic rings. The molecule has 0 amide bonds. The first-order chi connectivity index (χ1) is 7.24. The van der Waals surface area contributed by atoms with Crippen LogP contribution >= 0.6 is 11.3 Å². The molecule has 4 atom stereocenters. The molecule has 2 aliphatic heterocycles. The van der Waals surface area contributed by atoms with Gasteiger partial charge in [-0.15, -0.1) is 11.3 Å². The summed E-state index contributed by atoms with van der Waals surface area (Å²) in [6.07, 6.45) is 4.58. The van der Waals surface area contributed by atoms with Crippen molar-refractivity contribution < 1.29 is 4.74 Å². The van der Waals surface area contributed by atoms with Crippen molar-refractivity contribution in [1.82, 2.24) is 0 Å². The van der Waals surface area contributed by atoms with Crippen LogP contribution in [0.5, 0.6) is 0 Å². The van der Waals surface area contributed by atoms with E-state index in [1.807, 2.05) is 11.3 Å². The highest BCUT2D eigenvalue weighted by molar-refractivity contribution is 7.12. The number of hydrogen-bond donors (Lipinski definition) is 1. The second-order valence-electron chi connectivity index (χ2n) is 4.75. The summed E-state index contributed by atoms with van der Waals surface area (Å²) in [7, 11) is 0. The van der Waals surface area contributed by atoms with Gasteiger partial charge in [0.2, 0.25) is 0 Å². The van der Waals surface area contributed by atoms with Crippen LogP contribution in [-0.2, 0) is 4.74 Å². The maximum absolute atomic E-state index is 6.33. The fourth-order valence-corrected chi connectivity index (χ4v) is 3.85. The normalized spacial score (nSPS) is 36.0.